The van der Waals surface area contributed by atoms with Gasteiger partial charge in [0.15, 0.2) is 11.5 Å². The van der Waals surface area contributed by atoms with Crippen LogP contribution in [0.15, 0.2) is 23.3 Å². The van der Waals surface area contributed by atoms with E-state index in [2.05, 4.69) is 9.97 Å². The van der Waals surface area contributed by atoms with E-state index in [-0.39, 0.29) is 12.4 Å². The van der Waals surface area contributed by atoms with Crippen LogP contribution in [-0.4, -0.2) is 16.8 Å². The van der Waals surface area contributed by atoms with Crippen molar-refractivity contribution in [2.45, 2.75) is 0 Å². The average Bonchev–Trinajstić information content (AvgIpc) is 2.65. The van der Waals surface area contributed by atoms with Crippen LogP contribution >= 0.6 is 0 Å². The van der Waals surface area contributed by atoms with Gasteiger partial charge in [0, 0.05) is 0 Å². The van der Waals surface area contributed by atoms with Gasteiger partial charge in [0.05, 0.1) is 11.8 Å². The van der Waals surface area contributed by atoms with Crippen LogP contribution in [0.2, 0.25) is 0 Å². The van der Waals surface area contributed by atoms with Gasteiger partial charge >= 0.3 is 0 Å². The van der Waals surface area contributed by atoms with E-state index in [4.69, 9.17) is 9.47 Å². The minimum Gasteiger partial charge on any atom is -0.454 e. The normalized spacial score (nSPS) is 13.4. The summed E-state index contributed by atoms with van der Waals surface area (Å²) in [5, 5.41) is 0.447. The molecule has 1 aliphatic heterocycles. The molecule has 0 spiro atoms. The molecule has 0 atom stereocenters. The predicted octanol–water partition coefficient (Wildman–Crippen LogP) is 0.652. The Morgan fingerprint density at radius 1 is 1.36 bits per heavy atom. The Labute approximate surface area is 78.3 Å². The third-order valence-corrected chi connectivity index (χ3v) is 2.14. The second-order valence-electron chi connectivity index (χ2n) is 2.93. The molecule has 0 saturated heterocycles. The summed E-state index contributed by atoms with van der Waals surface area (Å²) in [5.41, 5.74) is 0.398. The Kier molecular flexibility index (Phi) is 1.30. The topological polar surface area (TPSA) is 64.2 Å². The molecule has 70 valence electrons. The van der Waals surface area contributed by atoms with Gasteiger partial charge < -0.3 is 14.5 Å². The Bertz CT molecular complexity index is 561. The first-order valence-electron chi connectivity index (χ1n) is 4.12. The van der Waals surface area contributed by atoms with Crippen molar-refractivity contribution in [3.63, 3.8) is 0 Å². The van der Waals surface area contributed by atoms with E-state index in [0.29, 0.717) is 22.4 Å². The molecule has 0 radical (unpaired) electrons. The molecule has 0 aliphatic carbocycles. The van der Waals surface area contributed by atoms with E-state index in [0.717, 1.165) is 0 Å². The Morgan fingerprint density at radius 2 is 2.29 bits per heavy atom. The zero-order valence-electron chi connectivity index (χ0n) is 7.11. The molecule has 0 bridgehead atoms. The Balaban J connectivity index is 2.53. The molecule has 1 aromatic carbocycles. The molecule has 0 saturated carbocycles. The highest BCUT2D eigenvalue weighted by Crippen LogP contribution is 2.36. The van der Waals surface area contributed by atoms with Crippen LogP contribution in [0.4, 0.5) is 0 Å². The first kappa shape index (κ1) is 7.37. The fourth-order valence-corrected chi connectivity index (χ4v) is 1.52. The molecule has 0 amide bonds. The maximum absolute atomic E-state index is 11.5. The summed E-state index contributed by atoms with van der Waals surface area (Å²) in [6.45, 7) is 0.156. The van der Waals surface area contributed by atoms with Crippen LogP contribution in [0, 0.1) is 0 Å². The molecule has 2 aromatic rings. The van der Waals surface area contributed by atoms with Crippen molar-refractivity contribution < 1.29 is 9.47 Å². The molecule has 5 nitrogen and oxygen atoms in total. The molecule has 1 aromatic heterocycles. The monoisotopic (exact) mass is 190 g/mol. The minimum absolute atomic E-state index is 0.156. The first-order chi connectivity index (χ1) is 6.86. The van der Waals surface area contributed by atoms with Crippen molar-refractivity contribution in [2.75, 3.05) is 6.79 Å². The summed E-state index contributed by atoms with van der Waals surface area (Å²) in [6, 6.07) is 3.48. The Hall–Kier alpha value is -2.04. The number of nitrogens with zero attached hydrogens (tertiary/aromatic N) is 1. The summed E-state index contributed by atoms with van der Waals surface area (Å²) in [7, 11) is 0. The van der Waals surface area contributed by atoms with Gasteiger partial charge in [-0.05, 0) is 12.1 Å². The number of nitrogens with one attached hydrogen (secondary N) is 1. The highest BCUT2D eigenvalue weighted by atomic mass is 16.7. The molecule has 2 heterocycles. The molecule has 0 fully saturated rings. The average molecular weight is 190 g/mol. The number of aromatic amines is 1. The predicted molar refractivity (Wildman–Crippen MR) is 48.5 cm³/mol. The van der Waals surface area contributed by atoms with E-state index in [1.807, 2.05) is 0 Å². The molecule has 3 rings (SSSR count). The van der Waals surface area contributed by atoms with Gasteiger partial charge in [0.25, 0.3) is 5.56 Å². The summed E-state index contributed by atoms with van der Waals surface area (Å²) in [5.74, 6) is 1.08. The van der Waals surface area contributed by atoms with Crippen LogP contribution in [0.1, 0.15) is 0 Å². The van der Waals surface area contributed by atoms with Crippen LogP contribution in [0.5, 0.6) is 11.5 Å². The Morgan fingerprint density at radius 3 is 3.21 bits per heavy atom. The quantitative estimate of drug-likeness (QED) is 0.662. The van der Waals surface area contributed by atoms with Gasteiger partial charge in [0.2, 0.25) is 6.79 Å². The van der Waals surface area contributed by atoms with Crippen LogP contribution in [0.25, 0.3) is 10.9 Å². The molecule has 1 aliphatic rings. The summed E-state index contributed by atoms with van der Waals surface area (Å²) < 4.78 is 10.4. The zero-order valence-corrected chi connectivity index (χ0v) is 7.11. The number of aromatic nitrogens is 2. The van der Waals surface area contributed by atoms with Crippen LogP contribution < -0.4 is 15.0 Å². The second kappa shape index (κ2) is 2.47. The number of hydrogen-bond donors (Lipinski definition) is 1. The van der Waals surface area contributed by atoms with Gasteiger partial charge in [-0.1, -0.05) is 0 Å². The lowest BCUT2D eigenvalue weighted by Gasteiger charge is -1.99. The largest absolute Gasteiger partial charge is 0.454 e. The number of H-pyrrole nitrogens is 1. The van der Waals surface area contributed by atoms with Crippen molar-refractivity contribution in [1.29, 1.82) is 0 Å². The molecule has 14 heavy (non-hydrogen) atoms. The van der Waals surface area contributed by atoms with Gasteiger partial charge in [-0.25, -0.2) is 4.98 Å². The third-order valence-electron chi connectivity index (χ3n) is 2.14. The van der Waals surface area contributed by atoms with Crippen LogP contribution in [-0.2, 0) is 0 Å². The van der Waals surface area contributed by atoms with Crippen molar-refractivity contribution in [3.8, 4) is 11.5 Å². The first-order valence-corrected chi connectivity index (χ1v) is 4.12. The maximum atomic E-state index is 11.5. The van der Waals surface area contributed by atoms with Crippen molar-refractivity contribution in [1.82, 2.24) is 9.97 Å². The van der Waals surface area contributed by atoms with Crippen molar-refractivity contribution in [2.24, 2.45) is 0 Å². The number of hydrogen-bond acceptors (Lipinski definition) is 4. The minimum atomic E-state index is -0.211. The fourth-order valence-electron chi connectivity index (χ4n) is 1.52. The standard InChI is InChI=1S/C9H6N2O3/c12-9-7-5(10-3-11-9)1-2-6-8(7)14-4-13-6/h1-3H,4H2,(H,10,11,12). The number of rotatable bonds is 0. The van der Waals surface area contributed by atoms with Gasteiger partial charge in [0.1, 0.15) is 5.39 Å². The van der Waals surface area contributed by atoms with Gasteiger partial charge in [-0.2, -0.15) is 0 Å². The molecule has 1 N–H and O–H groups in total. The lowest BCUT2D eigenvalue weighted by atomic mass is 10.2. The van der Waals surface area contributed by atoms with Gasteiger partial charge in [-0.15, -0.1) is 0 Å². The van der Waals surface area contributed by atoms with E-state index in [1.165, 1.54) is 6.33 Å². The van der Waals surface area contributed by atoms with E-state index in [1.54, 1.807) is 12.1 Å². The fraction of sp³-hybridized carbons (Fsp3) is 0.111. The summed E-state index contributed by atoms with van der Waals surface area (Å²) in [4.78, 5) is 18.0. The number of fused-ring (bicyclic) bond motifs is 3. The SMILES string of the molecule is O=c1[nH]cnc2ccc3c(c12)OCO3. The van der Waals surface area contributed by atoms with Crippen LogP contribution in [0.3, 0.4) is 0 Å². The van der Waals surface area contributed by atoms with E-state index >= 15 is 0 Å². The number of ether oxygens (including phenoxy) is 2. The second-order valence-corrected chi connectivity index (χ2v) is 2.93. The molecule has 5 heteroatoms. The summed E-state index contributed by atoms with van der Waals surface area (Å²) in [6.07, 6.45) is 1.37. The lowest BCUT2D eigenvalue weighted by molar-refractivity contribution is 0.175. The molecular weight excluding hydrogens is 184 g/mol. The molecular formula is C9H6N2O3. The highest BCUT2D eigenvalue weighted by Gasteiger charge is 2.18. The van der Waals surface area contributed by atoms with E-state index in [9.17, 15) is 4.79 Å². The number of benzene rings is 1. The molecule has 0 unspecified atom stereocenters. The van der Waals surface area contributed by atoms with Crippen molar-refractivity contribution in [3.05, 3.63) is 28.8 Å². The lowest BCUT2D eigenvalue weighted by Crippen LogP contribution is -2.07. The summed E-state index contributed by atoms with van der Waals surface area (Å²) >= 11 is 0. The maximum Gasteiger partial charge on any atom is 0.262 e. The smallest absolute Gasteiger partial charge is 0.262 e. The van der Waals surface area contributed by atoms with E-state index < -0.39 is 0 Å². The zero-order chi connectivity index (χ0) is 9.54. The van der Waals surface area contributed by atoms with Gasteiger partial charge in [-0.3, -0.25) is 4.79 Å². The third kappa shape index (κ3) is 0.834. The van der Waals surface area contributed by atoms with Crippen molar-refractivity contribution >= 4 is 10.9 Å². The highest BCUT2D eigenvalue weighted by molar-refractivity contribution is 5.87.